The molecule has 0 atom stereocenters. The molecule has 0 heterocycles. The summed E-state index contributed by atoms with van der Waals surface area (Å²) in [5, 5.41) is 0.632. The van der Waals surface area contributed by atoms with E-state index in [1.54, 1.807) is 19.2 Å². The fourth-order valence-electron chi connectivity index (χ4n) is 1.99. The first-order valence-corrected chi connectivity index (χ1v) is 6.65. The number of hydrogen-bond acceptors (Lipinski definition) is 3. The molecule has 21 heavy (non-hydrogen) atoms. The van der Waals surface area contributed by atoms with E-state index in [1.165, 1.54) is 23.1 Å². The summed E-state index contributed by atoms with van der Waals surface area (Å²) in [5.74, 6) is 4.39. The molecule has 2 rings (SSSR count). The first-order chi connectivity index (χ1) is 10.0. The van der Waals surface area contributed by atoms with Crippen molar-refractivity contribution in [3.63, 3.8) is 0 Å². The second-order valence-corrected chi connectivity index (χ2v) is 5.03. The van der Waals surface area contributed by atoms with Crippen molar-refractivity contribution < 1.29 is 9.18 Å². The number of nitrogen functional groups attached to an aromatic ring is 1. The number of hydrogen-bond donors (Lipinski definition) is 2. The lowest BCUT2D eigenvalue weighted by atomic mass is 10.1. The second kappa shape index (κ2) is 6.56. The SMILES string of the molecule is CN(Cc1ccc(Cl)cc1)C(=O)c1cccc(F)c1NN. The van der Waals surface area contributed by atoms with Crippen LogP contribution in [0.4, 0.5) is 10.1 Å². The highest BCUT2D eigenvalue weighted by Crippen LogP contribution is 2.21. The summed E-state index contributed by atoms with van der Waals surface area (Å²) < 4.78 is 13.6. The Labute approximate surface area is 127 Å². The molecule has 1 amide bonds. The summed E-state index contributed by atoms with van der Waals surface area (Å²) in [5.41, 5.74) is 3.34. The summed E-state index contributed by atoms with van der Waals surface area (Å²) in [6.07, 6.45) is 0. The van der Waals surface area contributed by atoms with Crippen LogP contribution in [0.15, 0.2) is 42.5 Å². The van der Waals surface area contributed by atoms with Crippen molar-refractivity contribution in [3.8, 4) is 0 Å². The van der Waals surface area contributed by atoms with Gasteiger partial charge in [-0.15, -0.1) is 0 Å². The van der Waals surface area contributed by atoms with Gasteiger partial charge in [-0.1, -0.05) is 29.8 Å². The number of hydrazine groups is 1. The zero-order chi connectivity index (χ0) is 15.4. The lowest BCUT2D eigenvalue weighted by Gasteiger charge is -2.19. The molecule has 0 unspecified atom stereocenters. The fourth-order valence-corrected chi connectivity index (χ4v) is 2.12. The van der Waals surface area contributed by atoms with E-state index < -0.39 is 5.82 Å². The van der Waals surface area contributed by atoms with Gasteiger partial charge in [0.15, 0.2) is 0 Å². The van der Waals surface area contributed by atoms with Crippen molar-refractivity contribution in [2.24, 2.45) is 5.84 Å². The van der Waals surface area contributed by atoms with Gasteiger partial charge in [0.25, 0.3) is 5.91 Å². The maximum absolute atomic E-state index is 13.6. The third-order valence-electron chi connectivity index (χ3n) is 3.07. The minimum atomic E-state index is -0.566. The van der Waals surface area contributed by atoms with Gasteiger partial charge < -0.3 is 10.3 Å². The minimum Gasteiger partial charge on any atom is -0.337 e. The Morgan fingerprint density at radius 3 is 2.57 bits per heavy atom. The van der Waals surface area contributed by atoms with Gasteiger partial charge >= 0.3 is 0 Å². The van der Waals surface area contributed by atoms with E-state index in [2.05, 4.69) is 5.43 Å². The van der Waals surface area contributed by atoms with E-state index in [9.17, 15) is 9.18 Å². The Morgan fingerprint density at radius 1 is 1.29 bits per heavy atom. The number of nitrogens with two attached hydrogens (primary N) is 1. The highest BCUT2D eigenvalue weighted by Gasteiger charge is 2.18. The molecule has 0 spiro atoms. The number of para-hydroxylation sites is 1. The predicted molar refractivity (Wildman–Crippen MR) is 81.5 cm³/mol. The average Bonchev–Trinajstić information content (AvgIpc) is 2.48. The van der Waals surface area contributed by atoms with E-state index in [1.807, 2.05) is 12.1 Å². The molecule has 0 fully saturated rings. The fraction of sp³-hybridized carbons (Fsp3) is 0.133. The molecule has 3 N–H and O–H groups in total. The Kier molecular flexibility index (Phi) is 4.77. The molecule has 110 valence electrons. The van der Waals surface area contributed by atoms with E-state index >= 15 is 0 Å². The Morgan fingerprint density at radius 2 is 1.95 bits per heavy atom. The van der Waals surface area contributed by atoms with Crippen LogP contribution in [0.2, 0.25) is 5.02 Å². The molecular formula is C15H15ClFN3O. The third kappa shape index (κ3) is 3.51. The number of amides is 1. The lowest BCUT2D eigenvalue weighted by molar-refractivity contribution is 0.0785. The van der Waals surface area contributed by atoms with Crippen LogP contribution in [0.5, 0.6) is 0 Å². The topological polar surface area (TPSA) is 58.4 Å². The van der Waals surface area contributed by atoms with Crippen molar-refractivity contribution in [2.45, 2.75) is 6.54 Å². The number of benzene rings is 2. The van der Waals surface area contributed by atoms with Crippen LogP contribution in [0.1, 0.15) is 15.9 Å². The lowest BCUT2D eigenvalue weighted by Crippen LogP contribution is -2.28. The standard InChI is InChI=1S/C15H15ClFN3O/c1-20(9-10-5-7-11(16)8-6-10)15(21)12-3-2-4-13(17)14(12)19-18/h2-8,19H,9,18H2,1H3. The van der Waals surface area contributed by atoms with Crippen LogP contribution >= 0.6 is 11.6 Å². The van der Waals surface area contributed by atoms with Gasteiger partial charge in [0.1, 0.15) is 5.82 Å². The maximum Gasteiger partial charge on any atom is 0.256 e. The number of carbonyl (C=O) groups is 1. The van der Waals surface area contributed by atoms with Crippen molar-refractivity contribution in [1.29, 1.82) is 0 Å². The van der Waals surface area contributed by atoms with Crippen molar-refractivity contribution >= 4 is 23.2 Å². The Balaban J connectivity index is 2.19. The van der Waals surface area contributed by atoms with Crippen LogP contribution in [-0.4, -0.2) is 17.9 Å². The minimum absolute atomic E-state index is 0.00884. The quantitative estimate of drug-likeness (QED) is 0.674. The van der Waals surface area contributed by atoms with Gasteiger partial charge in [-0.25, -0.2) is 4.39 Å². The number of nitrogens with zero attached hydrogens (tertiary/aromatic N) is 1. The van der Waals surface area contributed by atoms with E-state index in [-0.39, 0.29) is 17.2 Å². The van der Waals surface area contributed by atoms with E-state index in [4.69, 9.17) is 17.4 Å². The maximum atomic E-state index is 13.6. The number of rotatable bonds is 4. The van der Waals surface area contributed by atoms with Gasteiger partial charge in [0.05, 0.1) is 11.3 Å². The monoisotopic (exact) mass is 307 g/mol. The molecular weight excluding hydrogens is 293 g/mol. The van der Waals surface area contributed by atoms with Gasteiger partial charge in [-0.05, 0) is 29.8 Å². The largest absolute Gasteiger partial charge is 0.337 e. The van der Waals surface area contributed by atoms with Crippen LogP contribution < -0.4 is 11.3 Å². The molecule has 0 aliphatic rings. The summed E-state index contributed by atoms with van der Waals surface area (Å²) in [6.45, 7) is 0.385. The number of halogens is 2. The van der Waals surface area contributed by atoms with Gasteiger partial charge in [0, 0.05) is 18.6 Å². The summed E-state index contributed by atoms with van der Waals surface area (Å²) in [7, 11) is 1.64. The highest BCUT2D eigenvalue weighted by molar-refractivity contribution is 6.30. The van der Waals surface area contributed by atoms with Crippen LogP contribution in [0, 0.1) is 5.82 Å². The first-order valence-electron chi connectivity index (χ1n) is 6.28. The molecule has 0 radical (unpaired) electrons. The van der Waals surface area contributed by atoms with Gasteiger partial charge in [-0.2, -0.15) is 0 Å². The number of nitrogens with one attached hydrogen (secondary N) is 1. The summed E-state index contributed by atoms with van der Waals surface area (Å²) in [6, 6.07) is 11.4. The zero-order valence-corrected chi connectivity index (χ0v) is 12.2. The molecule has 0 saturated carbocycles. The predicted octanol–water partition coefficient (Wildman–Crippen LogP) is 3.04. The van der Waals surface area contributed by atoms with Gasteiger partial charge in [0.2, 0.25) is 0 Å². The van der Waals surface area contributed by atoms with Crippen molar-refractivity contribution in [1.82, 2.24) is 4.90 Å². The second-order valence-electron chi connectivity index (χ2n) is 4.59. The van der Waals surface area contributed by atoms with Crippen LogP contribution in [0.3, 0.4) is 0 Å². The number of carbonyl (C=O) groups excluding carboxylic acids is 1. The molecule has 6 heteroatoms. The normalized spacial score (nSPS) is 10.3. The van der Waals surface area contributed by atoms with Crippen LogP contribution in [-0.2, 0) is 6.54 Å². The van der Waals surface area contributed by atoms with Crippen molar-refractivity contribution in [3.05, 3.63) is 64.4 Å². The molecule has 4 nitrogen and oxygen atoms in total. The third-order valence-corrected chi connectivity index (χ3v) is 3.32. The molecule has 0 aromatic heterocycles. The summed E-state index contributed by atoms with van der Waals surface area (Å²) in [4.78, 5) is 13.9. The summed E-state index contributed by atoms with van der Waals surface area (Å²) >= 11 is 5.82. The molecule has 0 aliphatic carbocycles. The first kappa shape index (κ1) is 15.3. The smallest absolute Gasteiger partial charge is 0.256 e. The molecule has 2 aromatic carbocycles. The molecule has 0 aliphatic heterocycles. The Hall–Kier alpha value is -2.11. The van der Waals surface area contributed by atoms with E-state index in [0.29, 0.717) is 11.6 Å². The number of anilines is 1. The van der Waals surface area contributed by atoms with Crippen molar-refractivity contribution in [2.75, 3.05) is 12.5 Å². The molecule has 2 aromatic rings. The van der Waals surface area contributed by atoms with Gasteiger partial charge in [-0.3, -0.25) is 10.6 Å². The molecule has 0 saturated heterocycles. The average molecular weight is 308 g/mol. The van der Waals surface area contributed by atoms with Crippen LogP contribution in [0.25, 0.3) is 0 Å². The van der Waals surface area contributed by atoms with E-state index in [0.717, 1.165) is 5.56 Å². The molecule has 0 bridgehead atoms. The zero-order valence-electron chi connectivity index (χ0n) is 11.4. The highest BCUT2D eigenvalue weighted by atomic mass is 35.5. The Bertz CT molecular complexity index is 646.